The van der Waals surface area contributed by atoms with Crippen LogP contribution in [0.1, 0.15) is 20.7 Å². The molecule has 0 spiro atoms. The third-order valence-electron chi connectivity index (χ3n) is 2.51. The van der Waals surface area contributed by atoms with Crippen molar-refractivity contribution in [3.05, 3.63) is 53.6 Å². The molecule has 0 aliphatic heterocycles. The smallest absolute Gasteiger partial charge is 0.259 e. The van der Waals surface area contributed by atoms with Crippen molar-refractivity contribution in [3.8, 4) is 11.5 Å². The molecular weight excluding hydrogens is 246 g/mol. The Morgan fingerprint density at radius 3 is 2.63 bits per heavy atom. The van der Waals surface area contributed by atoms with E-state index < -0.39 is 5.91 Å². The van der Waals surface area contributed by atoms with Crippen LogP contribution in [0.2, 0.25) is 0 Å². The van der Waals surface area contributed by atoms with Gasteiger partial charge in [0.25, 0.3) is 5.91 Å². The molecule has 0 atom stereocenters. The van der Waals surface area contributed by atoms with Crippen LogP contribution in [0.5, 0.6) is 11.5 Å². The lowest BCUT2D eigenvalue weighted by Gasteiger charge is -2.07. The highest BCUT2D eigenvalue weighted by Crippen LogP contribution is 2.23. The molecule has 0 aromatic heterocycles. The summed E-state index contributed by atoms with van der Waals surface area (Å²) < 4.78 is 0. The van der Waals surface area contributed by atoms with Crippen LogP contribution in [0, 0.1) is 0 Å². The number of aldehydes is 1. The molecule has 0 radical (unpaired) electrons. The number of amides is 1. The SMILES string of the molecule is O=Cc1cccc(NC(=O)c2cc(O)ccc2O)c1. The molecule has 0 bridgehead atoms. The van der Waals surface area contributed by atoms with E-state index in [0.717, 1.165) is 6.07 Å². The van der Waals surface area contributed by atoms with Crippen LogP contribution in [0.25, 0.3) is 0 Å². The van der Waals surface area contributed by atoms with E-state index in [4.69, 9.17) is 0 Å². The zero-order valence-corrected chi connectivity index (χ0v) is 9.83. The molecule has 0 unspecified atom stereocenters. The van der Waals surface area contributed by atoms with Gasteiger partial charge in [-0.2, -0.15) is 0 Å². The molecule has 3 N–H and O–H groups in total. The van der Waals surface area contributed by atoms with Gasteiger partial charge in [0.2, 0.25) is 0 Å². The van der Waals surface area contributed by atoms with E-state index in [1.165, 1.54) is 18.2 Å². The quantitative estimate of drug-likeness (QED) is 0.581. The Balaban J connectivity index is 2.25. The number of anilines is 1. The van der Waals surface area contributed by atoms with Crippen molar-refractivity contribution in [2.24, 2.45) is 0 Å². The zero-order chi connectivity index (χ0) is 13.8. The molecule has 0 fully saturated rings. The van der Waals surface area contributed by atoms with Crippen molar-refractivity contribution in [2.75, 3.05) is 5.32 Å². The molecule has 5 nitrogen and oxygen atoms in total. The lowest BCUT2D eigenvalue weighted by atomic mass is 10.1. The second-order valence-electron chi connectivity index (χ2n) is 3.90. The Morgan fingerprint density at radius 1 is 1.11 bits per heavy atom. The van der Waals surface area contributed by atoms with Crippen molar-refractivity contribution in [1.82, 2.24) is 0 Å². The largest absolute Gasteiger partial charge is 0.508 e. The summed E-state index contributed by atoms with van der Waals surface area (Å²) in [6.07, 6.45) is 0.668. The molecule has 0 aliphatic carbocycles. The number of carbonyl (C=O) groups is 2. The van der Waals surface area contributed by atoms with Crippen LogP contribution < -0.4 is 5.32 Å². The summed E-state index contributed by atoms with van der Waals surface area (Å²) in [7, 11) is 0. The molecule has 5 heteroatoms. The summed E-state index contributed by atoms with van der Waals surface area (Å²) in [5, 5.41) is 21.4. The Hall–Kier alpha value is -2.82. The number of nitrogens with one attached hydrogen (secondary N) is 1. The van der Waals surface area contributed by atoms with E-state index in [1.807, 2.05) is 0 Å². The first kappa shape index (κ1) is 12.6. The van der Waals surface area contributed by atoms with Crippen LogP contribution in [-0.2, 0) is 0 Å². The second kappa shape index (κ2) is 5.22. The van der Waals surface area contributed by atoms with Crippen LogP contribution in [-0.4, -0.2) is 22.4 Å². The Labute approximate surface area is 109 Å². The van der Waals surface area contributed by atoms with E-state index >= 15 is 0 Å². The van der Waals surface area contributed by atoms with Crippen molar-refractivity contribution < 1.29 is 19.8 Å². The molecule has 2 aromatic carbocycles. The molecular formula is C14H11NO4. The van der Waals surface area contributed by atoms with E-state index in [2.05, 4.69) is 5.32 Å². The summed E-state index contributed by atoms with van der Waals surface area (Å²) in [6, 6.07) is 10.0. The minimum Gasteiger partial charge on any atom is -0.508 e. The average Bonchev–Trinajstić information content (AvgIpc) is 2.41. The van der Waals surface area contributed by atoms with E-state index in [1.54, 1.807) is 18.2 Å². The van der Waals surface area contributed by atoms with Gasteiger partial charge in [-0.25, -0.2) is 0 Å². The lowest BCUT2D eigenvalue weighted by Crippen LogP contribution is -2.12. The summed E-state index contributed by atoms with van der Waals surface area (Å²) in [5.74, 6) is -0.928. The Kier molecular flexibility index (Phi) is 3.47. The molecule has 0 saturated heterocycles. The third-order valence-corrected chi connectivity index (χ3v) is 2.51. The van der Waals surface area contributed by atoms with Gasteiger partial charge < -0.3 is 15.5 Å². The monoisotopic (exact) mass is 257 g/mol. The van der Waals surface area contributed by atoms with Crippen LogP contribution >= 0.6 is 0 Å². The van der Waals surface area contributed by atoms with Crippen molar-refractivity contribution in [1.29, 1.82) is 0 Å². The first-order valence-electron chi connectivity index (χ1n) is 5.49. The number of phenols is 2. The summed E-state index contributed by atoms with van der Waals surface area (Å²) in [5.41, 5.74) is 0.812. The van der Waals surface area contributed by atoms with Gasteiger partial charge in [0.1, 0.15) is 17.8 Å². The maximum absolute atomic E-state index is 11.9. The molecule has 1 amide bonds. The fraction of sp³-hybridized carbons (Fsp3) is 0. The Bertz CT molecular complexity index is 637. The van der Waals surface area contributed by atoms with Crippen molar-refractivity contribution >= 4 is 17.9 Å². The first-order chi connectivity index (χ1) is 9.10. The highest BCUT2D eigenvalue weighted by atomic mass is 16.3. The number of carbonyl (C=O) groups excluding carboxylic acids is 2. The molecule has 2 aromatic rings. The first-order valence-corrected chi connectivity index (χ1v) is 5.49. The number of rotatable bonds is 3. The van der Waals surface area contributed by atoms with Crippen LogP contribution in [0.4, 0.5) is 5.69 Å². The van der Waals surface area contributed by atoms with Gasteiger partial charge in [0.15, 0.2) is 0 Å². The minimum atomic E-state index is -0.573. The number of benzene rings is 2. The van der Waals surface area contributed by atoms with Gasteiger partial charge in [-0.05, 0) is 30.3 Å². The van der Waals surface area contributed by atoms with Gasteiger partial charge >= 0.3 is 0 Å². The molecule has 0 heterocycles. The third kappa shape index (κ3) is 2.90. The van der Waals surface area contributed by atoms with Crippen molar-refractivity contribution in [2.45, 2.75) is 0 Å². The normalized spacial score (nSPS) is 9.89. The topological polar surface area (TPSA) is 86.6 Å². The number of phenolic OH excluding ortho intramolecular Hbond substituents is 2. The number of aromatic hydroxyl groups is 2. The van der Waals surface area contributed by atoms with E-state index in [0.29, 0.717) is 17.5 Å². The molecule has 96 valence electrons. The van der Waals surface area contributed by atoms with Gasteiger partial charge in [0.05, 0.1) is 5.56 Å². The minimum absolute atomic E-state index is 0.0449. The van der Waals surface area contributed by atoms with E-state index in [-0.39, 0.29) is 17.1 Å². The second-order valence-corrected chi connectivity index (χ2v) is 3.90. The standard InChI is InChI=1S/C14H11NO4/c16-8-9-2-1-3-10(6-9)15-14(19)12-7-11(17)4-5-13(12)18/h1-8,17-18H,(H,15,19). The highest BCUT2D eigenvalue weighted by Gasteiger charge is 2.12. The molecule has 19 heavy (non-hydrogen) atoms. The van der Waals surface area contributed by atoms with Gasteiger partial charge in [-0.1, -0.05) is 12.1 Å². The zero-order valence-electron chi connectivity index (χ0n) is 9.83. The predicted octanol–water partition coefficient (Wildman–Crippen LogP) is 2.16. The molecule has 0 saturated carbocycles. The molecule has 0 aliphatic rings. The van der Waals surface area contributed by atoms with Crippen molar-refractivity contribution in [3.63, 3.8) is 0 Å². The lowest BCUT2D eigenvalue weighted by molar-refractivity contribution is 0.102. The fourth-order valence-electron chi connectivity index (χ4n) is 1.59. The van der Waals surface area contributed by atoms with Gasteiger partial charge in [0, 0.05) is 11.3 Å². The highest BCUT2D eigenvalue weighted by molar-refractivity contribution is 6.06. The predicted molar refractivity (Wildman–Crippen MR) is 69.6 cm³/mol. The number of hydrogen-bond acceptors (Lipinski definition) is 4. The molecule has 2 rings (SSSR count). The summed E-state index contributed by atoms with van der Waals surface area (Å²) in [6.45, 7) is 0. The van der Waals surface area contributed by atoms with Crippen LogP contribution in [0.15, 0.2) is 42.5 Å². The fourth-order valence-corrected chi connectivity index (χ4v) is 1.59. The summed E-state index contributed by atoms with van der Waals surface area (Å²) >= 11 is 0. The van der Waals surface area contributed by atoms with Gasteiger partial charge in [-0.15, -0.1) is 0 Å². The number of hydrogen-bond donors (Lipinski definition) is 3. The summed E-state index contributed by atoms with van der Waals surface area (Å²) in [4.78, 5) is 22.5. The maximum atomic E-state index is 11.9. The Morgan fingerprint density at radius 2 is 1.89 bits per heavy atom. The average molecular weight is 257 g/mol. The van der Waals surface area contributed by atoms with Crippen LogP contribution in [0.3, 0.4) is 0 Å². The van der Waals surface area contributed by atoms with Gasteiger partial charge in [-0.3, -0.25) is 9.59 Å². The van der Waals surface area contributed by atoms with E-state index in [9.17, 15) is 19.8 Å². The maximum Gasteiger partial charge on any atom is 0.259 e.